The van der Waals surface area contributed by atoms with Gasteiger partial charge in [-0.05, 0) is 130 Å². The van der Waals surface area contributed by atoms with E-state index in [1.165, 1.54) is 86.4 Å². The average molecular weight is 669 g/mol. The molecule has 0 aliphatic rings. The summed E-state index contributed by atoms with van der Waals surface area (Å²) in [5, 5.41) is 29.6. The van der Waals surface area contributed by atoms with Gasteiger partial charge in [-0.3, -0.25) is 0 Å². The van der Waals surface area contributed by atoms with E-state index in [-0.39, 0.29) is 0 Å². The molecule has 2 nitrogen and oxygen atoms in total. The fourth-order valence-electron chi connectivity index (χ4n) is 9.34. The molecular formula is C51H28N2. The molecule has 0 spiro atoms. The van der Waals surface area contributed by atoms with Crippen molar-refractivity contribution in [3.63, 3.8) is 0 Å². The highest BCUT2D eigenvalue weighted by molar-refractivity contribution is 6.39. The Balaban J connectivity index is 1.24. The van der Waals surface area contributed by atoms with Crippen molar-refractivity contribution in [3.05, 3.63) is 175 Å². The Hall–Kier alpha value is -7.21. The van der Waals surface area contributed by atoms with E-state index in [2.05, 4.69) is 162 Å². The van der Waals surface area contributed by atoms with E-state index in [4.69, 9.17) is 0 Å². The molecule has 11 aromatic carbocycles. The Morgan fingerprint density at radius 1 is 0.358 bits per heavy atom. The maximum atomic E-state index is 9.54. The molecule has 0 fully saturated rings. The SMILES string of the molecule is N#Cc1ccc2ccc(-c3ccc4c(c3)c3ccccc3c3cc5c6c7cccc8ccc9cccc(c9c87)c6n(-c6ccccc6)c5cc43)cc2c1. The number of nitriles is 1. The van der Waals surface area contributed by atoms with Crippen molar-refractivity contribution in [1.29, 1.82) is 5.26 Å². The van der Waals surface area contributed by atoms with Crippen LogP contribution in [0.25, 0.3) is 114 Å². The zero-order valence-corrected chi connectivity index (χ0v) is 28.6. The van der Waals surface area contributed by atoms with Gasteiger partial charge in [0, 0.05) is 21.8 Å². The third kappa shape index (κ3) is 3.86. The molecule has 0 amide bonds. The highest BCUT2D eigenvalue weighted by Crippen LogP contribution is 2.48. The summed E-state index contributed by atoms with van der Waals surface area (Å²) in [6.45, 7) is 0. The molecule has 1 aromatic heterocycles. The van der Waals surface area contributed by atoms with Crippen LogP contribution in [0.4, 0.5) is 0 Å². The van der Waals surface area contributed by atoms with Gasteiger partial charge in [-0.1, -0.05) is 121 Å². The zero-order chi connectivity index (χ0) is 34.8. The van der Waals surface area contributed by atoms with E-state index in [1.54, 1.807) is 0 Å². The predicted molar refractivity (Wildman–Crippen MR) is 225 cm³/mol. The van der Waals surface area contributed by atoms with Gasteiger partial charge in [0.2, 0.25) is 0 Å². The lowest BCUT2D eigenvalue weighted by molar-refractivity contribution is 1.19. The molecule has 0 saturated heterocycles. The maximum Gasteiger partial charge on any atom is 0.0991 e. The van der Waals surface area contributed by atoms with Crippen molar-refractivity contribution < 1.29 is 0 Å². The molecule has 0 saturated carbocycles. The van der Waals surface area contributed by atoms with Gasteiger partial charge in [-0.15, -0.1) is 0 Å². The first-order chi connectivity index (χ1) is 26.2. The summed E-state index contributed by atoms with van der Waals surface area (Å²) >= 11 is 0. The summed E-state index contributed by atoms with van der Waals surface area (Å²) < 4.78 is 2.51. The van der Waals surface area contributed by atoms with Crippen molar-refractivity contribution in [3.8, 4) is 22.9 Å². The number of benzene rings is 11. The predicted octanol–water partition coefficient (Wildman–Crippen LogP) is 13.8. The maximum absolute atomic E-state index is 9.54. The largest absolute Gasteiger partial charge is 0.309 e. The van der Waals surface area contributed by atoms with Crippen molar-refractivity contribution in [1.82, 2.24) is 4.57 Å². The van der Waals surface area contributed by atoms with E-state index >= 15 is 0 Å². The fourth-order valence-corrected chi connectivity index (χ4v) is 9.34. The summed E-state index contributed by atoms with van der Waals surface area (Å²) in [6.07, 6.45) is 0. The Morgan fingerprint density at radius 2 is 0.962 bits per heavy atom. The minimum Gasteiger partial charge on any atom is -0.309 e. The van der Waals surface area contributed by atoms with Crippen LogP contribution in [0.5, 0.6) is 0 Å². The molecule has 12 aromatic rings. The minimum atomic E-state index is 0.677. The van der Waals surface area contributed by atoms with Gasteiger partial charge < -0.3 is 4.57 Å². The van der Waals surface area contributed by atoms with Crippen molar-refractivity contribution in [2.75, 3.05) is 0 Å². The molecule has 1 heterocycles. The number of fused-ring (bicyclic) bond motifs is 12. The summed E-state index contributed by atoms with van der Waals surface area (Å²) in [5.74, 6) is 0. The highest BCUT2D eigenvalue weighted by Gasteiger charge is 2.22. The highest BCUT2D eigenvalue weighted by atomic mass is 15.0. The Kier molecular flexibility index (Phi) is 5.60. The van der Waals surface area contributed by atoms with Gasteiger partial charge in [0.05, 0.1) is 22.7 Å². The molecule has 0 aliphatic carbocycles. The third-order valence-corrected chi connectivity index (χ3v) is 11.7. The first-order valence-corrected chi connectivity index (χ1v) is 18.1. The first kappa shape index (κ1) is 28.5. The second kappa shape index (κ2) is 10.4. The summed E-state index contributed by atoms with van der Waals surface area (Å²) in [7, 11) is 0. The van der Waals surface area contributed by atoms with E-state index in [0.29, 0.717) is 5.56 Å². The standard InChI is InChI=1S/C51H28N2/c52-29-30-16-17-31-18-21-34(25-36(31)24-30)35-22-23-40-43(26-35)38-12-4-5-13-39(38)44-27-46-47(28-45(40)44)53(37-10-2-1-3-11-37)51-42-15-7-9-33-20-19-32-8-6-14-41(50(46)51)48(32)49(33)42/h1-28H. The smallest absolute Gasteiger partial charge is 0.0991 e. The number of hydrogen-bond acceptors (Lipinski definition) is 1. The molecular weight excluding hydrogens is 641 g/mol. The molecule has 0 bridgehead atoms. The van der Waals surface area contributed by atoms with Crippen LogP contribution in [0.3, 0.4) is 0 Å². The van der Waals surface area contributed by atoms with Crippen LogP contribution < -0.4 is 0 Å². The van der Waals surface area contributed by atoms with Crippen LogP contribution in [-0.2, 0) is 0 Å². The number of aromatic nitrogens is 1. The van der Waals surface area contributed by atoms with Crippen molar-refractivity contribution in [2.45, 2.75) is 0 Å². The van der Waals surface area contributed by atoms with Crippen LogP contribution in [-0.4, -0.2) is 4.57 Å². The van der Waals surface area contributed by atoms with Gasteiger partial charge in [0.15, 0.2) is 0 Å². The fraction of sp³-hybridized carbons (Fsp3) is 0. The monoisotopic (exact) mass is 668 g/mol. The molecule has 0 radical (unpaired) electrons. The zero-order valence-electron chi connectivity index (χ0n) is 28.6. The molecule has 0 aliphatic heterocycles. The van der Waals surface area contributed by atoms with Crippen LogP contribution in [0.15, 0.2) is 170 Å². The van der Waals surface area contributed by atoms with E-state index in [0.717, 1.165) is 27.6 Å². The van der Waals surface area contributed by atoms with Crippen LogP contribution in [0.1, 0.15) is 5.56 Å². The lowest BCUT2D eigenvalue weighted by atomic mass is 9.89. The van der Waals surface area contributed by atoms with Gasteiger partial charge in [0.1, 0.15) is 0 Å². The lowest BCUT2D eigenvalue weighted by Gasteiger charge is -2.15. The molecule has 2 heteroatoms. The molecule has 0 atom stereocenters. The van der Waals surface area contributed by atoms with Gasteiger partial charge in [-0.2, -0.15) is 5.26 Å². The first-order valence-electron chi connectivity index (χ1n) is 18.1. The molecule has 53 heavy (non-hydrogen) atoms. The lowest BCUT2D eigenvalue weighted by Crippen LogP contribution is -1.95. The summed E-state index contributed by atoms with van der Waals surface area (Å²) in [4.78, 5) is 0. The Labute approximate surface area is 304 Å². The quantitative estimate of drug-likeness (QED) is 0.169. The van der Waals surface area contributed by atoms with E-state index in [9.17, 15) is 5.26 Å². The average Bonchev–Trinajstić information content (AvgIpc) is 3.57. The summed E-state index contributed by atoms with van der Waals surface area (Å²) in [6, 6.07) is 64.5. The molecule has 242 valence electrons. The molecule has 12 rings (SSSR count). The van der Waals surface area contributed by atoms with Crippen molar-refractivity contribution >= 4 is 97.2 Å². The number of rotatable bonds is 2. The molecule has 0 unspecified atom stereocenters. The minimum absolute atomic E-state index is 0.677. The topological polar surface area (TPSA) is 28.7 Å². The van der Waals surface area contributed by atoms with E-state index in [1.807, 2.05) is 18.2 Å². The van der Waals surface area contributed by atoms with Crippen LogP contribution in [0, 0.1) is 11.3 Å². The third-order valence-electron chi connectivity index (χ3n) is 11.7. The number of nitrogens with zero attached hydrogens (tertiary/aromatic N) is 2. The van der Waals surface area contributed by atoms with Gasteiger partial charge in [0.25, 0.3) is 0 Å². The Morgan fingerprint density at radius 3 is 1.75 bits per heavy atom. The number of para-hydroxylation sites is 1. The second-order valence-corrected chi connectivity index (χ2v) is 14.4. The van der Waals surface area contributed by atoms with Gasteiger partial charge in [-0.25, -0.2) is 0 Å². The van der Waals surface area contributed by atoms with Gasteiger partial charge >= 0.3 is 0 Å². The Bertz CT molecular complexity index is 3560. The second-order valence-electron chi connectivity index (χ2n) is 14.4. The molecule has 0 N–H and O–H groups in total. The van der Waals surface area contributed by atoms with Crippen LogP contribution >= 0.6 is 0 Å². The summed E-state index contributed by atoms with van der Waals surface area (Å²) in [5.41, 5.74) is 6.60. The van der Waals surface area contributed by atoms with Crippen LogP contribution in [0.2, 0.25) is 0 Å². The van der Waals surface area contributed by atoms with E-state index < -0.39 is 0 Å². The van der Waals surface area contributed by atoms with Crippen molar-refractivity contribution in [2.24, 2.45) is 0 Å². The number of hydrogen-bond donors (Lipinski definition) is 0. The normalized spacial score (nSPS) is 12.1.